The van der Waals surface area contributed by atoms with E-state index in [1.54, 1.807) is 79.8 Å². The van der Waals surface area contributed by atoms with Crippen LogP contribution in [0.3, 0.4) is 0 Å². The van der Waals surface area contributed by atoms with Gasteiger partial charge in [-0.25, -0.2) is 40.1 Å². The largest absolute Gasteiger partial charge is 0.508 e. The first-order chi connectivity index (χ1) is 67.5. The maximum atomic E-state index is 13.7. The maximum Gasteiger partial charge on any atom is 0.254 e. The van der Waals surface area contributed by atoms with Crippen molar-refractivity contribution in [3.8, 4) is 28.9 Å². The van der Waals surface area contributed by atoms with Crippen LogP contribution in [0.4, 0.5) is 35.1 Å². The lowest BCUT2D eigenvalue weighted by molar-refractivity contribution is 0.0942. The second kappa shape index (κ2) is 44.6. The Morgan fingerprint density at radius 3 is 0.914 bits per heavy atom. The third-order valence-corrected chi connectivity index (χ3v) is 23.3. The number of phenols is 1. The number of halogens is 8. The Balaban J connectivity index is 0.000000142. The molecule has 0 spiro atoms. The molecule has 0 aliphatic heterocycles. The van der Waals surface area contributed by atoms with Gasteiger partial charge in [0.2, 0.25) is 5.88 Å². The van der Waals surface area contributed by atoms with Crippen molar-refractivity contribution in [2.75, 3.05) is 0 Å². The van der Waals surface area contributed by atoms with Gasteiger partial charge in [-0.15, -0.1) is 0 Å². The number of carbonyl (C=O) groups is 4. The van der Waals surface area contributed by atoms with E-state index in [0.717, 1.165) is 138 Å². The third-order valence-electron chi connectivity index (χ3n) is 23.3. The monoisotopic (exact) mass is 1890 g/mol. The van der Waals surface area contributed by atoms with Crippen molar-refractivity contribution < 1.29 is 68.9 Å². The minimum Gasteiger partial charge on any atom is -0.508 e. The van der Waals surface area contributed by atoms with Crippen LogP contribution >= 0.6 is 0 Å². The van der Waals surface area contributed by atoms with E-state index in [1.807, 2.05) is 186 Å². The normalized spacial score (nSPS) is 11.2. The molecule has 10 heterocycles. The average Bonchev–Trinajstić information content (AvgIpc) is 1.62. The number of nitrogens with one attached hydrogen (secondary N) is 4. The van der Waals surface area contributed by atoms with E-state index in [9.17, 15) is 59.4 Å². The first-order valence-corrected chi connectivity index (χ1v) is 45.5. The van der Waals surface area contributed by atoms with Crippen molar-refractivity contribution in [2.45, 2.75) is 138 Å². The number of nitrogens with zero attached hydrogens (tertiary/aromatic N) is 10. The number of aryl methyl sites for hydroxylation is 1. The van der Waals surface area contributed by atoms with Gasteiger partial charge in [0.25, 0.3) is 23.6 Å². The minimum absolute atomic E-state index is 0.00202. The molecule has 0 aliphatic rings. The van der Waals surface area contributed by atoms with Crippen LogP contribution in [0.15, 0.2) is 292 Å². The lowest BCUT2D eigenvalue weighted by atomic mass is 10.0. The maximum absolute atomic E-state index is 13.7. The quantitative estimate of drug-likeness (QED) is 0.0287. The van der Waals surface area contributed by atoms with E-state index >= 15 is 0 Å². The number of hydrogen-bond acceptors (Lipinski definition) is 13. The molecule has 712 valence electrons. The summed E-state index contributed by atoms with van der Waals surface area (Å²) in [6.45, 7) is 20.4. The summed E-state index contributed by atoms with van der Waals surface area (Å²) in [5, 5.41) is 24.6. The molecule has 0 unspecified atom stereocenters. The number of pyridine rings is 6. The van der Waals surface area contributed by atoms with Crippen LogP contribution in [-0.4, -0.2) is 76.9 Å². The van der Waals surface area contributed by atoms with E-state index in [0.29, 0.717) is 99.2 Å². The standard InChI is InChI=1S/2C30H26F2N4O2.C26H25F2N3O.C25H23F2N3O2/c1-19(2)29-28(30(37)35-17-20-9-12-24(31)25(32)15-20)23-11-10-22(38-27-8-4-6-14-34-27)16-26(23)36(29)18-21-7-3-5-13-33-21;1-19(2)29-28(30(37)35-16-20-8-11-25(31)26(32)14-20)24-10-9-22(38-23-7-5-12-33-17-23)15-27(24)36(29)18-21-6-3-4-13-34-21;1-16(2)25-24(26(32)30-14-18-8-10-21(27)22(28)13-18)20-9-7-17(3)12-23(20)31(25)15-19-6-4-5-11-29-19;1-15(2)24-23(25(32)29-13-16-6-9-20(26)21(27)11-16)19-8-7-18(31)12-22(19)30(24)14-17-5-3-4-10-28-17/h3-16,19H,17-18H2,1-2H3,(H,35,37);3-15,17,19H,16,18H2,1-2H3,(H,35,37);4-13,16H,14-15H2,1-3H3,(H,30,32);3-12,15,31H,13-14H2,1-2H3,(H,29,32). The molecule has 0 saturated carbocycles. The number of phenolic OH excluding ortho intramolecular Hbond substituents is 1. The first-order valence-electron chi connectivity index (χ1n) is 45.5. The van der Waals surface area contributed by atoms with Crippen LogP contribution in [0.5, 0.6) is 28.9 Å². The molecule has 21 nitrogen and oxygen atoms in total. The van der Waals surface area contributed by atoms with Crippen LogP contribution in [-0.2, 0) is 52.4 Å². The smallest absolute Gasteiger partial charge is 0.254 e. The summed E-state index contributed by atoms with van der Waals surface area (Å²) in [6.07, 6.45) is 11.9. The molecule has 0 saturated heterocycles. The summed E-state index contributed by atoms with van der Waals surface area (Å²) in [5.41, 5.74) is 15.3. The van der Waals surface area contributed by atoms with Crippen molar-refractivity contribution >= 4 is 67.2 Å². The van der Waals surface area contributed by atoms with Crippen molar-refractivity contribution in [2.24, 2.45) is 0 Å². The molecule has 8 aromatic carbocycles. The van der Waals surface area contributed by atoms with Gasteiger partial charge in [-0.2, -0.15) is 0 Å². The van der Waals surface area contributed by atoms with Crippen LogP contribution in [0, 0.1) is 53.5 Å². The van der Waals surface area contributed by atoms with Crippen LogP contribution < -0.4 is 30.7 Å². The number of aromatic hydroxyl groups is 1. The third kappa shape index (κ3) is 23.3. The number of aromatic nitrogens is 10. The Hall–Kier alpha value is -16.5. The van der Waals surface area contributed by atoms with Crippen molar-refractivity contribution in [3.05, 3.63) is 434 Å². The van der Waals surface area contributed by atoms with Gasteiger partial charge in [-0.1, -0.05) is 122 Å². The van der Waals surface area contributed by atoms with Gasteiger partial charge >= 0.3 is 0 Å². The fourth-order valence-electron chi connectivity index (χ4n) is 17.1. The zero-order valence-electron chi connectivity index (χ0n) is 78.1. The van der Waals surface area contributed by atoms with Gasteiger partial charge in [0.1, 0.15) is 23.0 Å². The molecule has 0 atom stereocenters. The van der Waals surface area contributed by atoms with E-state index < -0.39 is 46.5 Å². The Morgan fingerprint density at radius 2 is 0.614 bits per heavy atom. The molecule has 29 heteroatoms. The zero-order valence-corrected chi connectivity index (χ0v) is 78.1. The molecule has 0 fully saturated rings. The van der Waals surface area contributed by atoms with E-state index in [2.05, 4.69) is 84.8 Å². The minimum atomic E-state index is -0.956. The summed E-state index contributed by atoms with van der Waals surface area (Å²) in [4.78, 5) is 80.0. The molecule has 0 bridgehead atoms. The number of benzene rings is 8. The van der Waals surface area contributed by atoms with Crippen LogP contribution in [0.1, 0.15) is 194 Å². The van der Waals surface area contributed by atoms with Crippen molar-refractivity contribution in [1.29, 1.82) is 0 Å². The van der Waals surface area contributed by atoms with Crippen molar-refractivity contribution in [3.63, 3.8) is 0 Å². The fraction of sp³-hybridized carbons (Fsp3) is 0.189. The molecule has 140 heavy (non-hydrogen) atoms. The predicted octanol–water partition coefficient (Wildman–Crippen LogP) is 24.1. The van der Waals surface area contributed by atoms with E-state index in [-0.39, 0.29) is 79.2 Å². The molecule has 0 aliphatic carbocycles. The predicted molar refractivity (Wildman–Crippen MR) is 523 cm³/mol. The van der Waals surface area contributed by atoms with Crippen molar-refractivity contribution in [1.82, 2.24) is 69.4 Å². The SMILES string of the molecule is CC(C)c1c(C(=O)NCc2ccc(F)c(F)c2)c2ccc(O)cc2n1Cc1ccccn1.CC(C)c1c(C(=O)NCc2ccc(F)c(F)c2)c2ccc(Oc3ccccn3)cc2n1Cc1ccccn1.CC(C)c1c(C(=O)NCc2ccc(F)c(F)c2)c2ccc(Oc3cccnc3)cc2n1Cc1ccccn1.Cc1ccc2c(C(=O)NCc3ccc(F)c(F)c3)c(C(C)C)n(Cc3ccccn3)c2c1. The van der Waals surface area contributed by atoms with E-state index in [1.165, 1.54) is 24.3 Å². The zero-order chi connectivity index (χ0) is 99.0. The second-order valence-electron chi connectivity index (χ2n) is 34.7. The van der Waals surface area contributed by atoms with Gasteiger partial charge in [-0.05, 0) is 216 Å². The second-order valence-corrected chi connectivity index (χ2v) is 34.7. The summed E-state index contributed by atoms with van der Waals surface area (Å²) >= 11 is 0. The summed E-state index contributed by atoms with van der Waals surface area (Å²) in [6, 6.07) is 68.4. The molecule has 10 aromatic heterocycles. The number of ether oxygens (including phenoxy) is 2. The van der Waals surface area contributed by atoms with Gasteiger partial charge < -0.3 is 54.1 Å². The molecular formula is C111H100F8N14O7. The highest BCUT2D eigenvalue weighted by atomic mass is 19.2. The summed E-state index contributed by atoms with van der Waals surface area (Å²) in [5.74, 6) is -6.24. The molecule has 18 rings (SSSR count). The number of hydrogen-bond donors (Lipinski definition) is 5. The summed E-state index contributed by atoms with van der Waals surface area (Å²) < 4.78 is 128. The van der Waals surface area contributed by atoms with Crippen LogP contribution in [0.2, 0.25) is 0 Å². The van der Waals surface area contributed by atoms with Gasteiger partial charge in [0, 0.05) is 137 Å². The Kier molecular flexibility index (Phi) is 31.2. The highest BCUT2D eigenvalue weighted by Gasteiger charge is 2.31. The Bertz CT molecular complexity index is 7050. The number of carbonyl (C=O) groups excluding carboxylic acids is 4. The fourth-order valence-corrected chi connectivity index (χ4v) is 17.1. The lowest BCUT2D eigenvalue weighted by Crippen LogP contribution is -2.24. The molecular weight excluding hydrogens is 1790 g/mol. The molecule has 0 radical (unpaired) electrons. The Morgan fingerprint density at radius 1 is 0.307 bits per heavy atom. The van der Waals surface area contributed by atoms with Gasteiger partial charge in [-0.3, -0.25) is 44.1 Å². The average molecular weight is 1890 g/mol. The summed E-state index contributed by atoms with van der Waals surface area (Å²) in [7, 11) is 0. The molecule has 4 amide bonds. The van der Waals surface area contributed by atoms with Crippen LogP contribution in [0.25, 0.3) is 43.6 Å². The number of rotatable bonds is 28. The number of amides is 4. The van der Waals surface area contributed by atoms with Gasteiger partial charge in [0.15, 0.2) is 46.5 Å². The first kappa shape index (κ1) is 98.1. The Labute approximate surface area is 802 Å². The highest BCUT2D eigenvalue weighted by molar-refractivity contribution is 6.12. The van der Waals surface area contributed by atoms with E-state index in [4.69, 9.17) is 9.47 Å². The number of fused-ring (bicyclic) bond motifs is 4. The molecule has 18 aromatic rings. The topological polar surface area (TPSA) is 252 Å². The highest BCUT2D eigenvalue weighted by Crippen LogP contribution is 2.41. The lowest BCUT2D eigenvalue weighted by Gasteiger charge is -2.15. The molecule has 5 N–H and O–H groups in total. The van der Waals surface area contributed by atoms with Gasteiger partial charge in [0.05, 0.1) is 94.0 Å².